The SMILES string of the molecule is Cc1ccc(C2C(=C([O-])c3ccc4c(c3)CC(C)O4)C(=O)C(=O)N2CCC[n+]2cc[nH]c2)cc1. The average Bonchev–Trinajstić information content (AvgIpc) is 3.53. The number of hydrogen-bond donors (Lipinski definition) is 1. The largest absolute Gasteiger partial charge is 0.872 e. The van der Waals surface area contributed by atoms with Crippen LogP contribution in [0.5, 0.6) is 5.75 Å². The summed E-state index contributed by atoms with van der Waals surface area (Å²) in [5, 5.41) is 13.7. The van der Waals surface area contributed by atoms with Gasteiger partial charge >= 0.3 is 0 Å². The van der Waals surface area contributed by atoms with Crippen LogP contribution in [0.15, 0.2) is 66.8 Å². The number of ketones is 1. The van der Waals surface area contributed by atoms with Crippen molar-refractivity contribution >= 4 is 17.4 Å². The van der Waals surface area contributed by atoms with E-state index in [1.165, 1.54) is 0 Å². The fraction of sp³-hybridized carbons (Fsp3) is 0.296. The molecule has 1 aromatic heterocycles. The van der Waals surface area contributed by atoms with Crippen molar-refractivity contribution in [2.24, 2.45) is 0 Å². The van der Waals surface area contributed by atoms with Gasteiger partial charge in [-0.25, -0.2) is 4.57 Å². The zero-order chi connectivity index (χ0) is 23.8. The topological polar surface area (TPSA) is 89.3 Å². The Labute approximate surface area is 198 Å². The minimum atomic E-state index is -0.713. The van der Waals surface area contributed by atoms with Gasteiger partial charge < -0.3 is 14.7 Å². The molecule has 2 unspecified atom stereocenters. The first-order valence-electron chi connectivity index (χ1n) is 11.6. The van der Waals surface area contributed by atoms with E-state index < -0.39 is 23.5 Å². The first-order chi connectivity index (χ1) is 16.4. The Morgan fingerprint density at radius 3 is 2.74 bits per heavy atom. The van der Waals surface area contributed by atoms with Crippen LogP contribution >= 0.6 is 0 Å². The van der Waals surface area contributed by atoms with Gasteiger partial charge in [0.2, 0.25) is 12.1 Å². The Bertz CT molecular complexity index is 1260. The minimum Gasteiger partial charge on any atom is -0.872 e. The summed E-state index contributed by atoms with van der Waals surface area (Å²) in [5.41, 5.74) is 3.21. The van der Waals surface area contributed by atoms with E-state index in [4.69, 9.17) is 4.74 Å². The highest BCUT2D eigenvalue weighted by atomic mass is 16.5. The fourth-order valence-corrected chi connectivity index (χ4v) is 4.80. The second-order valence-corrected chi connectivity index (χ2v) is 9.04. The molecule has 3 heterocycles. The van der Waals surface area contributed by atoms with Gasteiger partial charge in [-0.05, 0) is 42.7 Å². The molecule has 34 heavy (non-hydrogen) atoms. The third kappa shape index (κ3) is 3.98. The molecule has 3 aromatic rings. The second kappa shape index (κ2) is 8.82. The maximum Gasteiger partial charge on any atom is 0.295 e. The number of Topliss-reactive ketones (excluding diaryl/α,β-unsaturated/α-hetero) is 1. The molecular formula is C27H27N3O4. The Kier molecular flexibility index (Phi) is 5.69. The Morgan fingerprint density at radius 2 is 2.00 bits per heavy atom. The molecule has 7 nitrogen and oxygen atoms in total. The number of hydrogen-bond acceptors (Lipinski definition) is 4. The monoisotopic (exact) mass is 457 g/mol. The zero-order valence-electron chi connectivity index (χ0n) is 19.3. The van der Waals surface area contributed by atoms with Gasteiger partial charge in [-0.15, -0.1) is 0 Å². The summed E-state index contributed by atoms with van der Waals surface area (Å²) in [6.07, 6.45) is 6.99. The van der Waals surface area contributed by atoms with Crippen LogP contribution in [0.1, 0.15) is 41.6 Å². The van der Waals surface area contributed by atoms with Gasteiger partial charge in [0, 0.05) is 25.0 Å². The molecule has 2 aliphatic rings. The van der Waals surface area contributed by atoms with Crippen molar-refractivity contribution in [1.82, 2.24) is 9.88 Å². The van der Waals surface area contributed by atoms with Crippen molar-refractivity contribution in [3.8, 4) is 5.75 Å². The Hall–Kier alpha value is -3.87. The molecular weight excluding hydrogens is 430 g/mol. The number of aromatic amines is 1. The number of fused-ring (bicyclic) bond motifs is 1. The van der Waals surface area contributed by atoms with Crippen molar-refractivity contribution in [3.05, 3.63) is 89.0 Å². The van der Waals surface area contributed by atoms with Crippen LogP contribution in [0.25, 0.3) is 5.76 Å². The molecule has 1 saturated heterocycles. The lowest BCUT2D eigenvalue weighted by Gasteiger charge is -2.27. The van der Waals surface area contributed by atoms with Gasteiger partial charge in [0.25, 0.3) is 5.91 Å². The molecule has 1 N–H and O–H groups in total. The maximum absolute atomic E-state index is 13.7. The fourth-order valence-electron chi connectivity index (χ4n) is 4.80. The smallest absolute Gasteiger partial charge is 0.295 e. The van der Waals surface area contributed by atoms with Gasteiger partial charge in [-0.1, -0.05) is 41.7 Å². The van der Waals surface area contributed by atoms with Crippen LogP contribution in [0, 0.1) is 6.92 Å². The third-order valence-electron chi connectivity index (χ3n) is 6.50. The number of imidazole rings is 1. The van der Waals surface area contributed by atoms with Gasteiger partial charge in [0.05, 0.1) is 12.6 Å². The number of aromatic nitrogens is 2. The number of likely N-dealkylation sites (tertiary alicyclic amines) is 1. The first-order valence-corrected chi connectivity index (χ1v) is 11.6. The number of rotatable bonds is 6. The van der Waals surface area contributed by atoms with E-state index in [-0.39, 0.29) is 11.7 Å². The number of nitrogens with one attached hydrogen (secondary N) is 1. The highest BCUT2D eigenvalue weighted by molar-refractivity contribution is 6.46. The normalized spacial score (nSPS) is 21.1. The van der Waals surface area contributed by atoms with Gasteiger partial charge in [-0.3, -0.25) is 14.6 Å². The molecule has 1 amide bonds. The molecule has 1 fully saturated rings. The molecule has 174 valence electrons. The van der Waals surface area contributed by atoms with Crippen molar-refractivity contribution in [3.63, 3.8) is 0 Å². The van der Waals surface area contributed by atoms with E-state index in [0.717, 1.165) is 22.4 Å². The lowest BCUT2D eigenvalue weighted by molar-refractivity contribution is -0.695. The van der Waals surface area contributed by atoms with Crippen molar-refractivity contribution in [2.45, 2.75) is 45.4 Å². The molecule has 0 spiro atoms. The summed E-state index contributed by atoms with van der Waals surface area (Å²) in [5.74, 6) is -0.961. The summed E-state index contributed by atoms with van der Waals surface area (Å²) in [4.78, 5) is 30.8. The van der Waals surface area contributed by atoms with E-state index in [2.05, 4.69) is 4.98 Å². The first kappa shape index (κ1) is 21.9. The third-order valence-corrected chi connectivity index (χ3v) is 6.50. The van der Waals surface area contributed by atoms with Gasteiger partial charge in [0.1, 0.15) is 24.2 Å². The zero-order valence-corrected chi connectivity index (χ0v) is 19.3. The summed E-state index contributed by atoms with van der Waals surface area (Å²) in [6.45, 7) is 5.01. The molecule has 0 radical (unpaired) electrons. The minimum absolute atomic E-state index is 0.0232. The Morgan fingerprint density at radius 1 is 1.21 bits per heavy atom. The summed E-state index contributed by atoms with van der Waals surface area (Å²) in [7, 11) is 0. The lowest BCUT2D eigenvalue weighted by Crippen LogP contribution is -2.36. The molecule has 2 atom stereocenters. The highest BCUT2D eigenvalue weighted by Gasteiger charge is 2.44. The number of carbonyl (C=O) groups is 2. The average molecular weight is 458 g/mol. The van der Waals surface area contributed by atoms with Crippen molar-refractivity contribution in [2.75, 3.05) is 6.54 Å². The number of amides is 1. The van der Waals surface area contributed by atoms with E-state index in [1.54, 1.807) is 23.1 Å². The molecule has 2 aliphatic heterocycles. The lowest BCUT2D eigenvalue weighted by atomic mass is 9.94. The van der Waals surface area contributed by atoms with E-state index in [0.29, 0.717) is 31.5 Å². The number of ether oxygens (including phenoxy) is 1. The van der Waals surface area contributed by atoms with Crippen LogP contribution in [0.2, 0.25) is 0 Å². The number of carbonyl (C=O) groups excluding carboxylic acids is 2. The summed E-state index contributed by atoms with van der Waals surface area (Å²) < 4.78 is 7.73. The number of aryl methyl sites for hydroxylation is 2. The van der Waals surface area contributed by atoms with Gasteiger partial charge in [-0.2, -0.15) is 0 Å². The van der Waals surface area contributed by atoms with E-state index in [1.807, 2.05) is 61.4 Å². The van der Waals surface area contributed by atoms with Crippen molar-refractivity contribution in [1.29, 1.82) is 0 Å². The quantitative estimate of drug-likeness (QED) is 0.266. The van der Waals surface area contributed by atoms with Crippen molar-refractivity contribution < 1.29 is 24.0 Å². The molecule has 0 bridgehead atoms. The van der Waals surface area contributed by atoms with E-state index in [9.17, 15) is 14.7 Å². The number of H-pyrrole nitrogens is 1. The second-order valence-electron chi connectivity index (χ2n) is 9.04. The Balaban J connectivity index is 1.52. The maximum atomic E-state index is 13.7. The van der Waals surface area contributed by atoms with E-state index >= 15 is 0 Å². The van der Waals surface area contributed by atoms with Crippen LogP contribution in [-0.4, -0.2) is 34.2 Å². The number of benzene rings is 2. The summed E-state index contributed by atoms with van der Waals surface area (Å²) in [6, 6.07) is 12.2. The van der Waals surface area contributed by atoms with Crippen LogP contribution < -0.4 is 14.4 Å². The number of nitrogens with zero attached hydrogens (tertiary/aromatic N) is 2. The van der Waals surface area contributed by atoms with Gasteiger partial charge in [0.15, 0.2) is 0 Å². The van der Waals surface area contributed by atoms with Crippen LogP contribution in [-0.2, 0) is 22.6 Å². The van der Waals surface area contributed by atoms with Crippen LogP contribution in [0.3, 0.4) is 0 Å². The molecule has 7 heteroatoms. The van der Waals surface area contributed by atoms with Crippen LogP contribution in [0.4, 0.5) is 0 Å². The predicted molar refractivity (Wildman–Crippen MR) is 123 cm³/mol. The highest BCUT2D eigenvalue weighted by Crippen LogP contribution is 2.40. The molecule has 0 aliphatic carbocycles. The summed E-state index contributed by atoms with van der Waals surface area (Å²) >= 11 is 0. The molecule has 5 rings (SSSR count). The predicted octanol–water partition coefficient (Wildman–Crippen LogP) is 2.25. The molecule has 0 saturated carbocycles. The molecule has 2 aromatic carbocycles. The standard InChI is InChI=1S/C27H27N3O4/c1-17-4-6-19(7-5-17)24-23(25(31)20-8-9-22-21(15-20)14-18(2)34-22)26(32)27(33)30(24)12-3-11-29-13-10-28-16-29/h4-10,13,15-16,18,24H,3,11-12,14H2,1-2H3,(H,31,32).